The first kappa shape index (κ1) is 12.3. The van der Waals surface area contributed by atoms with Gasteiger partial charge in [-0.1, -0.05) is 0 Å². The third-order valence-corrected chi connectivity index (χ3v) is 3.40. The molecule has 94 valence electrons. The largest absolute Gasteiger partial charge is 0.382 e. The lowest BCUT2D eigenvalue weighted by Crippen LogP contribution is -2.29. The summed E-state index contributed by atoms with van der Waals surface area (Å²) in [6.45, 7) is 0.731. The van der Waals surface area contributed by atoms with Gasteiger partial charge >= 0.3 is 0 Å². The van der Waals surface area contributed by atoms with Gasteiger partial charge in [-0.2, -0.15) is 0 Å². The zero-order chi connectivity index (χ0) is 12.3. The Morgan fingerprint density at radius 3 is 2.53 bits per heavy atom. The van der Waals surface area contributed by atoms with E-state index in [0.717, 1.165) is 38.3 Å². The molecule has 0 heterocycles. The predicted octanol–water partition coefficient (Wildman–Crippen LogP) is 2.89. The zero-order valence-electron chi connectivity index (χ0n) is 9.76. The van der Waals surface area contributed by atoms with E-state index in [9.17, 15) is 8.78 Å². The molecule has 1 fully saturated rings. The zero-order valence-corrected chi connectivity index (χ0v) is 9.76. The molecule has 1 aliphatic carbocycles. The first-order chi connectivity index (χ1) is 8.15. The van der Waals surface area contributed by atoms with E-state index in [1.165, 1.54) is 12.1 Å². The molecule has 0 saturated heterocycles. The van der Waals surface area contributed by atoms with Crippen molar-refractivity contribution in [3.63, 3.8) is 0 Å². The molecule has 1 saturated carbocycles. The highest BCUT2D eigenvalue weighted by atomic mass is 19.1. The molecule has 0 aliphatic heterocycles. The van der Waals surface area contributed by atoms with Crippen molar-refractivity contribution < 1.29 is 8.78 Å². The molecular weight excluding hydrogens is 222 g/mol. The van der Waals surface area contributed by atoms with Gasteiger partial charge in [-0.15, -0.1) is 0 Å². The number of nitrogens with one attached hydrogen (secondary N) is 1. The van der Waals surface area contributed by atoms with Gasteiger partial charge in [-0.3, -0.25) is 0 Å². The van der Waals surface area contributed by atoms with Crippen LogP contribution in [0.2, 0.25) is 0 Å². The van der Waals surface area contributed by atoms with Crippen LogP contribution in [0.15, 0.2) is 18.2 Å². The molecule has 0 spiro atoms. The van der Waals surface area contributed by atoms with E-state index in [0.29, 0.717) is 17.6 Å². The normalized spacial score (nSPS) is 24.6. The Morgan fingerprint density at radius 2 is 1.88 bits per heavy atom. The predicted molar refractivity (Wildman–Crippen MR) is 64.8 cm³/mol. The Bertz CT molecular complexity index is 374. The molecule has 1 aromatic carbocycles. The first-order valence-electron chi connectivity index (χ1n) is 6.09. The highest BCUT2D eigenvalue weighted by Crippen LogP contribution is 2.24. The summed E-state index contributed by atoms with van der Waals surface area (Å²) in [5, 5.41) is 3.04. The van der Waals surface area contributed by atoms with Gasteiger partial charge in [0.05, 0.1) is 5.69 Å². The van der Waals surface area contributed by atoms with Crippen molar-refractivity contribution in [2.75, 3.05) is 11.9 Å². The van der Waals surface area contributed by atoms with Crippen molar-refractivity contribution in [2.24, 2.45) is 11.7 Å². The van der Waals surface area contributed by atoms with Gasteiger partial charge in [-0.25, -0.2) is 8.78 Å². The van der Waals surface area contributed by atoms with Gasteiger partial charge in [-0.05, 0) is 43.7 Å². The Balaban J connectivity index is 1.85. The van der Waals surface area contributed by atoms with Crippen LogP contribution in [0.3, 0.4) is 0 Å². The van der Waals surface area contributed by atoms with Crippen LogP contribution >= 0.6 is 0 Å². The maximum absolute atomic E-state index is 13.3. The highest BCUT2D eigenvalue weighted by molar-refractivity contribution is 5.44. The number of hydrogen-bond donors (Lipinski definition) is 2. The third kappa shape index (κ3) is 3.40. The summed E-state index contributed by atoms with van der Waals surface area (Å²) in [5.74, 6) is -0.534. The number of nitrogens with two attached hydrogens (primary N) is 1. The Kier molecular flexibility index (Phi) is 3.94. The molecule has 4 heteroatoms. The summed E-state index contributed by atoms with van der Waals surface area (Å²) in [4.78, 5) is 0. The smallest absolute Gasteiger partial charge is 0.149 e. The molecule has 2 nitrogen and oxygen atoms in total. The second kappa shape index (κ2) is 5.45. The maximum atomic E-state index is 13.3. The molecule has 0 amide bonds. The van der Waals surface area contributed by atoms with Gasteiger partial charge in [0.25, 0.3) is 0 Å². The van der Waals surface area contributed by atoms with E-state index < -0.39 is 11.6 Å². The van der Waals surface area contributed by atoms with E-state index in [1.807, 2.05) is 0 Å². The fourth-order valence-corrected chi connectivity index (χ4v) is 2.28. The fraction of sp³-hybridized carbons (Fsp3) is 0.538. The number of hydrogen-bond acceptors (Lipinski definition) is 2. The summed E-state index contributed by atoms with van der Waals surface area (Å²) in [5.41, 5.74) is 6.20. The van der Waals surface area contributed by atoms with Crippen LogP contribution < -0.4 is 11.1 Å². The summed E-state index contributed by atoms with van der Waals surface area (Å²) < 4.78 is 26.0. The third-order valence-electron chi connectivity index (χ3n) is 3.40. The van der Waals surface area contributed by atoms with E-state index in [-0.39, 0.29) is 0 Å². The van der Waals surface area contributed by atoms with Crippen molar-refractivity contribution in [3.8, 4) is 0 Å². The van der Waals surface area contributed by atoms with Crippen LogP contribution in [0.1, 0.15) is 25.7 Å². The van der Waals surface area contributed by atoms with E-state index in [4.69, 9.17) is 5.73 Å². The topological polar surface area (TPSA) is 38.0 Å². The molecule has 17 heavy (non-hydrogen) atoms. The number of anilines is 1. The summed E-state index contributed by atoms with van der Waals surface area (Å²) in [7, 11) is 0. The van der Waals surface area contributed by atoms with Crippen LogP contribution in [0.5, 0.6) is 0 Å². The average Bonchev–Trinajstić information content (AvgIpc) is 2.30. The quantitative estimate of drug-likeness (QED) is 0.852. The second-order valence-electron chi connectivity index (χ2n) is 4.79. The monoisotopic (exact) mass is 240 g/mol. The highest BCUT2D eigenvalue weighted by Gasteiger charge is 2.18. The van der Waals surface area contributed by atoms with Gasteiger partial charge in [0, 0.05) is 18.7 Å². The summed E-state index contributed by atoms with van der Waals surface area (Å²) >= 11 is 0. The van der Waals surface area contributed by atoms with Crippen molar-refractivity contribution in [2.45, 2.75) is 31.7 Å². The maximum Gasteiger partial charge on any atom is 0.149 e. The van der Waals surface area contributed by atoms with E-state index in [2.05, 4.69) is 5.32 Å². The van der Waals surface area contributed by atoms with Crippen LogP contribution in [0, 0.1) is 17.6 Å². The summed E-state index contributed by atoms with van der Waals surface area (Å²) in [6.07, 6.45) is 4.24. The minimum atomic E-state index is -0.545. The van der Waals surface area contributed by atoms with Crippen LogP contribution in [0.25, 0.3) is 0 Å². The van der Waals surface area contributed by atoms with Gasteiger partial charge in [0.15, 0.2) is 0 Å². The Hall–Kier alpha value is -1.16. The number of benzene rings is 1. The number of rotatable bonds is 3. The molecule has 0 aromatic heterocycles. The van der Waals surface area contributed by atoms with Crippen molar-refractivity contribution in [1.29, 1.82) is 0 Å². The second-order valence-corrected chi connectivity index (χ2v) is 4.79. The van der Waals surface area contributed by atoms with Crippen molar-refractivity contribution in [3.05, 3.63) is 29.8 Å². The molecule has 3 N–H and O–H groups in total. The average molecular weight is 240 g/mol. The van der Waals surface area contributed by atoms with Crippen LogP contribution in [-0.4, -0.2) is 12.6 Å². The molecule has 0 atom stereocenters. The van der Waals surface area contributed by atoms with Crippen molar-refractivity contribution >= 4 is 5.69 Å². The lowest BCUT2D eigenvalue weighted by Gasteiger charge is -2.26. The minimum Gasteiger partial charge on any atom is -0.382 e. The standard InChI is InChI=1S/C13H18F2N2/c14-10-3-6-13(12(15)7-10)17-8-9-1-4-11(16)5-2-9/h3,6-7,9,11,17H,1-2,4-5,8,16H2. The van der Waals surface area contributed by atoms with Gasteiger partial charge in [0.2, 0.25) is 0 Å². The molecule has 1 aliphatic rings. The van der Waals surface area contributed by atoms with Crippen LogP contribution in [-0.2, 0) is 0 Å². The molecule has 0 radical (unpaired) electrons. The van der Waals surface area contributed by atoms with Crippen molar-refractivity contribution in [1.82, 2.24) is 0 Å². The van der Waals surface area contributed by atoms with Gasteiger partial charge < -0.3 is 11.1 Å². The van der Waals surface area contributed by atoms with Gasteiger partial charge in [0.1, 0.15) is 11.6 Å². The summed E-state index contributed by atoms with van der Waals surface area (Å²) in [6, 6.07) is 3.94. The minimum absolute atomic E-state index is 0.328. The molecule has 0 bridgehead atoms. The molecule has 1 aromatic rings. The van der Waals surface area contributed by atoms with E-state index >= 15 is 0 Å². The lowest BCUT2D eigenvalue weighted by molar-refractivity contribution is 0.338. The van der Waals surface area contributed by atoms with Crippen LogP contribution in [0.4, 0.5) is 14.5 Å². The Morgan fingerprint density at radius 1 is 1.18 bits per heavy atom. The molecular formula is C13H18F2N2. The molecule has 2 rings (SSSR count). The van der Waals surface area contributed by atoms with E-state index in [1.54, 1.807) is 0 Å². The lowest BCUT2D eigenvalue weighted by atomic mass is 9.86. The first-order valence-corrected chi connectivity index (χ1v) is 6.09. The fourth-order valence-electron chi connectivity index (χ4n) is 2.28. The Labute approximate surface area is 100 Å². The SMILES string of the molecule is NC1CCC(CNc2ccc(F)cc2F)CC1. The number of halogens is 2. The molecule has 0 unspecified atom stereocenters.